The van der Waals surface area contributed by atoms with Gasteiger partial charge < -0.3 is 16.0 Å². The van der Waals surface area contributed by atoms with Gasteiger partial charge in [0.1, 0.15) is 0 Å². The van der Waals surface area contributed by atoms with Gasteiger partial charge in [-0.15, -0.1) is 0 Å². The van der Waals surface area contributed by atoms with Gasteiger partial charge in [-0.1, -0.05) is 0 Å². The minimum atomic E-state index is -0.677. The largest absolute Gasteiger partial charge is 0.437 e. The first-order valence-electron chi connectivity index (χ1n) is 10.3. The molecule has 0 bridgehead atoms. The van der Waals surface area contributed by atoms with Gasteiger partial charge in [-0.2, -0.15) is 0 Å². The van der Waals surface area contributed by atoms with Crippen molar-refractivity contribution in [1.29, 1.82) is 0 Å². The highest BCUT2D eigenvalue weighted by atomic mass is 16.2. The average molecular weight is 422 g/mol. The molecule has 4 rings (SSSR count). The van der Waals surface area contributed by atoms with Crippen molar-refractivity contribution in [2.45, 2.75) is 19.7 Å². The van der Waals surface area contributed by atoms with E-state index in [1.807, 2.05) is 0 Å². The fourth-order valence-electron chi connectivity index (χ4n) is 4.18. The van der Waals surface area contributed by atoms with Crippen LogP contribution in [0.2, 0.25) is 6.82 Å². The summed E-state index contributed by atoms with van der Waals surface area (Å²) in [4.78, 5) is 54.4. The lowest BCUT2D eigenvalue weighted by atomic mass is 9.86. The Morgan fingerprint density at radius 2 is 1.19 bits per heavy atom. The summed E-state index contributed by atoms with van der Waals surface area (Å²) in [5.74, 6) is -1.80. The van der Waals surface area contributed by atoms with Crippen LogP contribution in [0.3, 0.4) is 0 Å². The maximum absolute atomic E-state index is 13.1. The second-order valence-electron chi connectivity index (χ2n) is 7.72. The average Bonchev–Trinajstić information content (AvgIpc) is 2.75. The number of benzene rings is 2. The molecule has 9 nitrogen and oxygen atoms in total. The van der Waals surface area contributed by atoms with E-state index in [1.165, 1.54) is 9.80 Å². The molecular weight excluding hydrogens is 399 g/mol. The van der Waals surface area contributed by atoms with Crippen LogP contribution in [0.25, 0.3) is 10.8 Å². The molecule has 4 N–H and O–H groups in total. The lowest BCUT2D eigenvalue weighted by Crippen LogP contribution is -2.44. The highest BCUT2D eigenvalue weighted by Crippen LogP contribution is 2.37. The Morgan fingerprint density at radius 3 is 1.55 bits per heavy atom. The molecule has 0 spiro atoms. The monoisotopic (exact) mass is 422 g/mol. The fraction of sp³-hybridized carbons (Fsp3) is 0.333. The van der Waals surface area contributed by atoms with Crippen LogP contribution in [-0.4, -0.2) is 71.7 Å². The smallest absolute Gasteiger partial charge is 0.373 e. The number of imide groups is 2. The van der Waals surface area contributed by atoms with Crippen molar-refractivity contribution in [1.82, 2.24) is 15.0 Å². The van der Waals surface area contributed by atoms with E-state index in [9.17, 15) is 24.2 Å². The molecule has 0 aromatic heterocycles. The summed E-state index contributed by atoms with van der Waals surface area (Å²) in [6.45, 7) is 2.78. The van der Waals surface area contributed by atoms with Crippen molar-refractivity contribution >= 4 is 41.5 Å². The van der Waals surface area contributed by atoms with E-state index in [-0.39, 0.29) is 13.1 Å². The van der Waals surface area contributed by atoms with Crippen LogP contribution in [0.15, 0.2) is 24.3 Å². The SMILES string of the molecule is CB(O)NCCCN1C(=O)c2ccc3c4c(ccc(c24)C1=O)C(=O)N(CCCN)C3=O. The summed E-state index contributed by atoms with van der Waals surface area (Å²) in [5.41, 5.74) is 6.75. The van der Waals surface area contributed by atoms with Crippen LogP contribution in [0.1, 0.15) is 54.3 Å². The quantitative estimate of drug-likeness (QED) is 0.320. The second-order valence-corrected chi connectivity index (χ2v) is 7.72. The lowest BCUT2D eigenvalue weighted by molar-refractivity contribution is 0.0588. The van der Waals surface area contributed by atoms with Crippen molar-refractivity contribution in [3.05, 3.63) is 46.5 Å². The summed E-state index contributed by atoms with van der Waals surface area (Å²) in [5, 5.41) is 12.9. The lowest BCUT2D eigenvalue weighted by Gasteiger charge is -2.32. The second kappa shape index (κ2) is 8.22. The highest BCUT2D eigenvalue weighted by Gasteiger charge is 2.39. The zero-order chi connectivity index (χ0) is 22.3. The molecule has 4 amide bonds. The first-order valence-corrected chi connectivity index (χ1v) is 10.3. The van der Waals surface area contributed by atoms with Gasteiger partial charge in [-0.25, -0.2) is 0 Å². The number of nitrogens with zero attached hydrogens (tertiary/aromatic N) is 2. The predicted octanol–water partition coefficient (Wildman–Crippen LogP) is 0.471. The van der Waals surface area contributed by atoms with E-state index in [4.69, 9.17) is 5.73 Å². The number of nitrogens with two attached hydrogens (primary N) is 1. The summed E-state index contributed by atoms with van der Waals surface area (Å²) in [6, 6.07) is 6.21. The Kier molecular flexibility index (Phi) is 5.61. The fourth-order valence-corrected chi connectivity index (χ4v) is 4.18. The van der Waals surface area contributed by atoms with Crippen LogP contribution >= 0.6 is 0 Å². The molecule has 0 fully saturated rings. The van der Waals surface area contributed by atoms with Gasteiger partial charge in [0.15, 0.2) is 0 Å². The Morgan fingerprint density at radius 1 is 0.806 bits per heavy atom. The Hall–Kier alpha value is -3.08. The molecule has 10 heteroatoms. The molecule has 2 aliphatic rings. The molecule has 0 radical (unpaired) electrons. The number of nitrogens with one attached hydrogen (secondary N) is 1. The Labute approximate surface area is 179 Å². The summed E-state index contributed by atoms with van der Waals surface area (Å²) < 4.78 is 0. The molecule has 2 heterocycles. The molecule has 0 saturated carbocycles. The van der Waals surface area contributed by atoms with Crippen molar-refractivity contribution in [3.63, 3.8) is 0 Å². The topological polar surface area (TPSA) is 133 Å². The number of carbonyl (C=O) groups excluding carboxylic acids is 4. The van der Waals surface area contributed by atoms with Gasteiger partial charge in [0, 0.05) is 46.1 Å². The third kappa shape index (κ3) is 3.42. The van der Waals surface area contributed by atoms with E-state index in [2.05, 4.69) is 5.23 Å². The highest BCUT2D eigenvalue weighted by molar-refractivity contribution is 6.45. The van der Waals surface area contributed by atoms with Crippen molar-refractivity contribution in [2.24, 2.45) is 5.73 Å². The first kappa shape index (κ1) is 21.2. The van der Waals surface area contributed by atoms with Crippen LogP contribution in [-0.2, 0) is 0 Å². The third-order valence-corrected chi connectivity index (χ3v) is 5.65. The van der Waals surface area contributed by atoms with Crippen molar-refractivity contribution < 1.29 is 24.2 Å². The van der Waals surface area contributed by atoms with E-state index >= 15 is 0 Å². The number of amides is 4. The van der Waals surface area contributed by atoms with Crippen LogP contribution < -0.4 is 11.0 Å². The zero-order valence-corrected chi connectivity index (χ0v) is 17.2. The third-order valence-electron chi connectivity index (χ3n) is 5.65. The van der Waals surface area contributed by atoms with Crippen molar-refractivity contribution in [2.75, 3.05) is 26.2 Å². The molecular formula is C21H23BN4O5. The van der Waals surface area contributed by atoms with Gasteiger partial charge in [-0.05, 0) is 57.0 Å². The minimum Gasteiger partial charge on any atom is -0.437 e. The zero-order valence-electron chi connectivity index (χ0n) is 17.2. The number of carbonyl (C=O) groups is 4. The summed E-state index contributed by atoms with van der Waals surface area (Å²) in [7, 11) is -0.677. The van der Waals surface area contributed by atoms with Crippen LogP contribution in [0.4, 0.5) is 0 Å². The normalized spacial score (nSPS) is 15.3. The van der Waals surface area contributed by atoms with Gasteiger partial charge in [0.05, 0.1) is 0 Å². The Balaban J connectivity index is 1.74. The van der Waals surface area contributed by atoms with Crippen molar-refractivity contribution in [3.8, 4) is 0 Å². The van der Waals surface area contributed by atoms with Gasteiger partial charge in [0.2, 0.25) is 0 Å². The maximum Gasteiger partial charge on any atom is 0.373 e. The van der Waals surface area contributed by atoms with E-state index in [0.29, 0.717) is 59.0 Å². The summed E-state index contributed by atoms with van der Waals surface area (Å²) >= 11 is 0. The predicted molar refractivity (Wildman–Crippen MR) is 115 cm³/mol. The molecule has 2 aromatic rings. The molecule has 2 aliphatic heterocycles. The molecule has 2 aromatic carbocycles. The summed E-state index contributed by atoms with van der Waals surface area (Å²) in [6.07, 6.45) is 0.964. The van der Waals surface area contributed by atoms with Gasteiger partial charge in [-0.3, -0.25) is 29.0 Å². The standard InChI is InChI=1S/C21H23BN4O5/c1-22(31)24-9-3-11-26-20(29)14-6-4-12-16-13(5-7-15(17(14)16)21(26)30)19(28)25(18(12)27)10-2-8-23/h4-7,24,31H,2-3,8-11,23H2,1H3. The molecule has 0 atom stereocenters. The van der Waals surface area contributed by atoms with Gasteiger partial charge >= 0.3 is 7.05 Å². The first-order chi connectivity index (χ1) is 14.9. The molecule has 0 aliphatic carbocycles. The number of rotatable bonds is 8. The number of hydrogen-bond donors (Lipinski definition) is 3. The number of hydrogen-bond acceptors (Lipinski definition) is 7. The van der Waals surface area contributed by atoms with Crippen LogP contribution in [0.5, 0.6) is 0 Å². The molecule has 0 unspecified atom stereocenters. The minimum absolute atomic E-state index is 0.187. The Bertz CT molecular complexity index is 1050. The molecule has 0 saturated heterocycles. The van der Waals surface area contributed by atoms with Gasteiger partial charge in [0.25, 0.3) is 23.6 Å². The van der Waals surface area contributed by atoms with E-state index < -0.39 is 30.7 Å². The van der Waals surface area contributed by atoms with Crippen LogP contribution in [0, 0.1) is 0 Å². The van der Waals surface area contributed by atoms with E-state index in [0.717, 1.165) is 0 Å². The van der Waals surface area contributed by atoms with E-state index in [1.54, 1.807) is 31.1 Å². The molecule has 160 valence electrons. The maximum atomic E-state index is 13.1. The molecule has 31 heavy (non-hydrogen) atoms.